The first-order valence-electron chi connectivity index (χ1n) is 8.12. The minimum atomic E-state index is 0.0723. The smallest absolute Gasteiger partial charge is 0.119 e. The first-order valence-corrected chi connectivity index (χ1v) is 8.50. The highest BCUT2D eigenvalue weighted by molar-refractivity contribution is 6.31. The van der Waals surface area contributed by atoms with Crippen molar-refractivity contribution in [3.8, 4) is 11.5 Å². The van der Waals surface area contributed by atoms with Gasteiger partial charge in [-0.3, -0.25) is 4.98 Å². The molecular formula is C19H20ClN3O2. The van der Waals surface area contributed by atoms with Crippen molar-refractivity contribution in [1.29, 1.82) is 0 Å². The van der Waals surface area contributed by atoms with Crippen molar-refractivity contribution in [1.82, 2.24) is 10.3 Å². The van der Waals surface area contributed by atoms with Crippen LogP contribution in [0.15, 0.2) is 48.7 Å². The average molecular weight is 358 g/mol. The molecule has 5 nitrogen and oxygen atoms in total. The fourth-order valence-electron chi connectivity index (χ4n) is 2.70. The third-order valence-corrected chi connectivity index (χ3v) is 4.08. The lowest BCUT2D eigenvalue weighted by Gasteiger charge is -2.10. The summed E-state index contributed by atoms with van der Waals surface area (Å²) >= 11 is 6.00. The SMILES string of the molecule is Oc1cc(O)cc(CNCCCNc2ccnc3cc(Cl)ccc23)c1. The Morgan fingerprint density at radius 2 is 1.76 bits per heavy atom. The van der Waals surface area contributed by atoms with E-state index in [1.54, 1.807) is 18.3 Å². The van der Waals surface area contributed by atoms with Gasteiger partial charge in [-0.1, -0.05) is 11.6 Å². The normalized spacial score (nSPS) is 10.9. The number of phenolic OH excluding ortho intramolecular Hbond substituents is 2. The molecule has 0 unspecified atom stereocenters. The predicted octanol–water partition coefficient (Wildman–Crippen LogP) is 3.89. The molecular weight excluding hydrogens is 338 g/mol. The van der Waals surface area contributed by atoms with E-state index in [0.717, 1.165) is 41.7 Å². The van der Waals surface area contributed by atoms with E-state index < -0.39 is 0 Å². The fraction of sp³-hybridized carbons (Fsp3) is 0.211. The van der Waals surface area contributed by atoms with E-state index in [4.69, 9.17) is 11.6 Å². The van der Waals surface area contributed by atoms with Crippen LogP contribution in [-0.4, -0.2) is 28.3 Å². The second-order valence-electron chi connectivity index (χ2n) is 5.83. The lowest BCUT2D eigenvalue weighted by atomic mass is 10.2. The molecule has 0 fully saturated rings. The average Bonchev–Trinajstić information content (AvgIpc) is 2.57. The molecule has 1 aromatic heterocycles. The van der Waals surface area contributed by atoms with E-state index in [9.17, 15) is 10.2 Å². The van der Waals surface area contributed by atoms with Gasteiger partial charge in [-0.05, 0) is 54.9 Å². The number of halogens is 1. The molecule has 0 amide bonds. The van der Waals surface area contributed by atoms with Gasteiger partial charge in [0.15, 0.2) is 0 Å². The Balaban J connectivity index is 1.46. The second kappa shape index (κ2) is 8.05. The molecule has 0 spiro atoms. The Bertz CT molecular complexity index is 850. The molecule has 3 aromatic rings. The molecule has 0 saturated carbocycles. The maximum absolute atomic E-state index is 9.45. The van der Waals surface area contributed by atoms with Gasteiger partial charge in [-0.15, -0.1) is 0 Å². The zero-order chi connectivity index (χ0) is 17.6. The lowest BCUT2D eigenvalue weighted by Crippen LogP contribution is -2.17. The van der Waals surface area contributed by atoms with Crippen molar-refractivity contribution in [2.24, 2.45) is 0 Å². The molecule has 0 aliphatic heterocycles. The van der Waals surface area contributed by atoms with Crippen molar-refractivity contribution in [3.63, 3.8) is 0 Å². The van der Waals surface area contributed by atoms with Gasteiger partial charge in [0.1, 0.15) is 11.5 Å². The number of nitrogens with zero attached hydrogens (tertiary/aromatic N) is 1. The number of phenols is 2. The Morgan fingerprint density at radius 1 is 0.960 bits per heavy atom. The summed E-state index contributed by atoms with van der Waals surface area (Å²) in [5.74, 6) is 0.145. The van der Waals surface area contributed by atoms with E-state index in [1.165, 1.54) is 6.07 Å². The van der Waals surface area contributed by atoms with Crippen LogP contribution in [-0.2, 0) is 6.54 Å². The Labute approximate surface area is 151 Å². The van der Waals surface area contributed by atoms with Gasteiger partial charge in [0.2, 0.25) is 0 Å². The molecule has 0 radical (unpaired) electrons. The van der Waals surface area contributed by atoms with Crippen LogP contribution in [0, 0.1) is 0 Å². The molecule has 0 aliphatic carbocycles. The molecule has 4 N–H and O–H groups in total. The topological polar surface area (TPSA) is 77.4 Å². The maximum atomic E-state index is 9.45. The summed E-state index contributed by atoms with van der Waals surface area (Å²) in [7, 11) is 0. The molecule has 0 atom stereocenters. The summed E-state index contributed by atoms with van der Waals surface area (Å²) in [6, 6.07) is 12.2. The van der Waals surface area contributed by atoms with Gasteiger partial charge >= 0.3 is 0 Å². The Hall–Kier alpha value is -2.50. The fourth-order valence-corrected chi connectivity index (χ4v) is 2.87. The Morgan fingerprint density at radius 3 is 2.56 bits per heavy atom. The molecule has 130 valence electrons. The van der Waals surface area contributed by atoms with Crippen LogP contribution in [0.2, 0.25) is 5.02 Å². The molecule has 6 heteroatoms. The summed E-state index contributed by atoms with van der Waals surface area (Å²) < 4.78 is 0. The molecule has 1 heterocycles. The highest BCUT2D eigenvalue weighted by atomic mass is 35.5. The zero-order valence-corrected chi connectivity index (χ0v) is 14.4. The van der Waals surface area contributed by atoms with Gasteiger partial charge in [-0.2, -0.15) is 0 Å². The summed E-state index contributed by atoms with van der Waals surface area (Å²) in [6.07, 6.45) is 2.70. The van der Waals surface area contributed by atoms with Crippen molar-refractivity contribution in [3.05, 3.63) is 59.2 Å². The number of nitrogens with one attached hydrogen (secondary N) is 2. The summed E-state index contributed by atoms with van der Waals surface area (Å²) in [5.41, 5.74) is 2.77. The van der Waals surface area contributed by atoms with Crippen LogP contribution in [0.5, 0.6) is 11.5 Å². The number of aromatic hydroxyl groups is 2. The predicted molar refractivity (Wildman–Crippen MR) is 101 cm³/mol. The highest BCUT2D eigenvalue weighted by Crippen LogP contribution is 2.24. The van der Waals surface area contributed by atoms with E-state index in [2.05, 4.69) is 15.6 Å². The van der Waals surface area contributed by atoms with Crippen LogP contribution in [0.25, 0.3) is 10.9 Å². The summed E-state index contributed by atoms with van der Waals surface area (Å²) in [5, 5.41) is 27.4. The highest BCUT2D eigenvalue weighted by Gasteiger charge is 2.02. The molecule has 2 aromatic carbocycles. The van der Waals surface area contributed by atoms with Gasteiger partial charge in [0.05, 0.1) is 5.52 Å². The quantitative estimate of drug-likeness (QED) is 0.482. The monoisotopic (exact) mass is 357 g/mol. The number of aromatic nitrogens is 1. The van der Waals surface area contributed by atoms with Crippen LogP contribution >= 0.6 is 11.6 Å². The minimum absolute atomic E-state index is 0.0723. The number of pyridine rings is 1. The van der Waals surface area contributed by atoms with E-state index in [1.807, 2.05) is 24.3 Å². The largest absolute Gasteiger partial charge is 0.508 e. The molecule has 3 rings (SSSR count). The molecule has 25 heavy (non-hydrogen) atoms. The third kappa shape index (κ3) is 4.75. The number of anilines is 1. The number of fused-ring (bicyclic) bond motifs is 1. The molecule has 0 aliphatic rings. The third-order valence-electron chi connectivity index (χ3n) is 3.84. The summed E-state index contributed by atoms with van der Waals surface area (Å²) in [6.45, 7) is 2.23. The van der Waals surface area contributed by atoms with Gasteiger partial charge < -0.3 is 20.8 Å². The maximum Gasteiger partial charge on any atom is 0.119 e. The zero-order valence-electron chi connectivity index (χ0n) is 13.7. The number of benzene rings is 2. The first kappa shape index (κ1) is 17.3. The number of rotatable bonds is 7. The second-order valence-corrected chi connectivity index (χ2v) is 6.27. The van der Waals surface area contributed by atoms with E-state index >= 15 is 0 Å². The molecule has 0 saturated heterocycles. The summed E-state index contributed by atoms with van der Waals surface area (Å²) in [4.78, 5) is 4.33. The van der Waals surface area contributed by atoms with Crippen LogP contribution < -0.4 is 10.6 Å². The van der Waals surface area contributed by atoms with Crippen LogP contribution in [0.1, 0.15) is 12.0 Å². The van der Waals surface area contributed by atoms with Gasteiger partial charge in [-0.25, -0.2) is 0 Å². The van der Waals surface area contributed by atoms with Crippen molar-refractivity contribution in [2.75, 3.05) is 18.4 Å². The number of hydrogen-bond acceptors (Lipinski definition) is 5. The minimum Gasteiger partial charge on any atom is -0.508 e. The van der Waals surface area contributed by atoms with E-state index in [-0.39, 0.29) is 11.5 Å². The van der Waals surface area contributed by atoms with Crippen molar-refractivity contribution in [2.45, 2.75) is 13.0 Å². The van der Waals surface area contributed by atoms with Crippen molar-refractivity contribution < 1.29 is 10.2 Å². The first-order chi connectivity index (χ1) is 12.1. The van der Waals surface area contributed by atoms with Gasteiger partial charge in [0.25, 0.3) is 0 Å². The van der Waals surface area contributed by atoms with E-state index in [0.29, 0.717) is 11.6 Å². The Kier molecular flexibility index (Phi) is 5.58. The van der Waals surface area contributed by atoms with Gasteiger partial charge in [0, 0.05) is 41.4 Å². The molecule has 0 bridgehead atoms. The van der Waals surface area contributed by atoms with Crippen molar-refractivity contribution >= 4 is 28.2 Å². The lowest BCUT2D eigenvalue weighted by molar-refractivity contribution is 0.448. The van der Waals surface area contributed by atoms with Crippen LogP contribution in [0.4, 0.5) is 5.69 Å². The standard InChI is InChI=1S/C19H20ClN3O2/c20-14-2-3-17-18(4-7-23-19(17)10-14)22-6-1-5-21-12-13-8-15(24)11-16(25)9-13/h2-4,7-11,21,24-25H,1,5-6,12H2,(H,22,23). The number of hydrogen-bond donors (Lipinski definition) is 4. The van der Waals surface area contributed by atoms with Crippen LogP contribution in [0.3, 0.4) is 0 Å².